The first-order chi connectivity index (χ1) is 5.63. The summed E-state index contributed by atoms with van der Waals surface area (Å²) in [5.74, 6) is -1.57. The van der Waals surface area contributed by atoms with Gasteiger partial charge in [-0.05, 0) is 12.8 Å². The molecule has 86 valence electrons. The minimum atomic E-state index is -0.784. The number of rotatable bonds is 7. The van der Waals surface area contributed by atoms with Crippen LogP contribution in [0.1, 0.15) is 38.5 Å². The first-order valence-corrected chi connectivity index (χ1v) is 4.06. The fraction of sp³-hybridized carbons (Fsp3) is 0.750. The highest BCUT2D eigenvalue weighted by atomic mass is 79.9. The summed E-state index contributed by atoms with van der Waals surface area (Å²) >= 11 is 0. The standard InChI is InChI=1S/C8H14O4.2BrH/c9-7(10)5-3-1-2-4-6-8(11)12;;/h1-6H2,(H,9,10)(H,11,12);2*1H. The van der Waals surface area contributed by atoms with Gasteiger partial charge in [-0.2, -0.15) is 0 Å². The van der Waals surface area contributed by atoms with E-state index in [2.05, 4.69) is 0 Å². The third-order valence-corrected chi connectivity index (χ3v) is 1.53. The van der Waals surface area contributed by atoms with Crippen LogP contribution < -0.4 is 0 Å². The van der Waals surface area contributed by atoms with Gasteiger partial charge in [0.1, 0.15) is 0 Å². The van der Waals surface area contributed by atoms with Crippen molar-refractivity contribution in [1.29, 1.82) is 0 Å². The molecule has 0 fully saturated rings. The number of hydrogen-bond donors (Lipinski definition) is 2. The molecule has 2 N–H and O–H groups in total. The number of unbranched alkanes of at least 4 members (excludes halogenated alkanes) is 3. The number of carboxylic acid groups (broad SMARTS) is 2. The van der Waals surface area contributed by atoms with Crippen LogP contribution in [0.15, 0.2) is 0 Å². The molecule has 4 nitrogen and oxygen atoms in total. The molecule has 0 unspecified atom stereocenters. The Morgan fingerprint density at radius 1 is 0.714 bits per heavy atom. The first kappa shape index (κ1) is 19.5. The second-order valence-corrected chi connectivity index (χ2v) is 2.70. The molecule has 0 aliphatic heterocycles. The molecule has 0 aromatic carbocycles. The highest BCUT2D eigenvalue weighted by Crippen LogP contribution is 2.04. The Kier molecular flexibility index (Phi) is 17.9. The quantitative estimate of drug-likeness (QED) is 0.701. The van der Waals surface area contributed by atoms with Crippen molar-refractivity contribution in [2.45, 2.75) is 38.5 Å². The number of aliphatic carboxylic acids is 2. The number of hydrogen-bond acceptors (Lipinski definition) is 2. The largest absolute Gasteiger partial charge is 0.481 e. The van der Waals surface area contributed by atoms with Gasteiger partial charge in [-0.25, -0.2) is 0 Å². The lowest BCUT2D eigenvalue weighted by Crippen LogP contribution is -1.95. The molecule has 0 bridgehead atoms. The number of carboxylic acids is 2. The summed E-state index contributed by atoms with van der Waals surface area (Å²) in [7, 11) is 0. The van der Waals surface area contributed by atoms with Gasteiger partial charge in [0, 0.05) is 12.8 Å². The molecule has 0 heterocycles. The van der Waals surface area contributed by atoms with Crippen LogP contribution in [0, 0.1) is 0 Å². The van der Waals surface area contributed by atoms with Gasteiger partial charge in [-0.3, -0.25) is 9.59 Å². The van der Waals surface area contributed by atoms with E-state index in [0.29, 0.717) is 12.8 Å². The van der Waals surface area contributed by atoms with Crippen molar-refractivity contribution in [2.75, 3.05) is 0 Å². The lowest BCUT2D eigenvalue weighted by atomic mass is 10.1. The third-order valence-electron chi connectivity index (χ3n) is 1.53. The van der Waals surface area contributed by atoms with Crippen molar-refractivity contribution < 1.29 is 19.8 Å². The van der Waals surface area contributed by atoms with Crippen LogP contribution in [-0.4, -0.2) is 22.2 Å². The zero-order chi connectivity index (χ0) is 9.40. The Hall–Kier alpha value is -0.100. The zero-order valence-electron chi connectivity index (χ0n) is 7.77. The first-order valence-electron chi connectivity index (χ1n) is 4.06. The van der Waals surface area contributed by atoms with E-state index >= 15 is 0 Å². The van der Waals surface area contributed by atoms with E-state index < -0.39 is 11.9 Å². The van der Waals surface area contributed by atoms with Crippen LogP contribution in [0.25, 0.3) is 0 Å². The third kappa shape index (κ3) is 17.8. The Balaban J connectivity index is -0.000000605. The Morgan fingerprint density at radius 2 is 1.00 bits per heavy atom. The van der Waals surface area contributed by atoms with Crippen molar-refractivity contribution >= 4 is 45.9 Å². The maximum atomic E-state index is 10.0. The van der Waals surface area contributed by atoms with Gasteiger partial charge in [0.2, 0.25) is 0 Å². The molecule has 0 aliphatic rings. The molecule has 0 amide bonds. The molecule has 6 heteroatoms. The Labute approximate surface area is 104 Å². The maximum Gasteiger partial charge on any atom is 0.303 e. The van der Waals surface area contributed by atoms with Crippen molar-refractivity contribution in [3.8, 4) is 0 Å². The summed E-state index contributed by atoms with van der Waals surface area (Å²) in [5.41, 5.74) is 0. The minimum absolute atomic E-state index is 0. The molecule has 0 saturated heterocycles. The summed E-state index contributed by atoms with van der Waals surface area (Å²) in [4.78, 5) is 20.1. The molecule has 0 saturated carbocycles. The molecular weight excluding hydrogens is 320 g/mol. The van der Waals surface area contributed by atoms with Gasteiger partial charge >= 0.3 is 11.9 Å². The molecule has 0 rings (SSSR count). The predicted molar refractivity (Wildman–Crippen MR) is 63.6 cm³/mol. The lowest BCUT2D eigenvalue weighted by molar-refractivity contribution is -0.138. The van der Waals surface area contributed by atoms with Gasteiger partial charge in [0.15, 0.2) is 0 Å². The molecule has 0 atom stereocenters. The van der Waals surface area contributed by atoms with Crippen molar-refractivity contribution in [3.63, 3.8) is 0 Å². The van der Waals surface area contributed by atoms with Gasteiger partial charge in [0.25, 0.3) is 0 Å². The minimum Gasteiger partial charge on any atom is -0.481 e. The van der Waals surface area contributed by atoms with E-state index in [9.17, 15) is 9.59 Å². The van der Waals surface area contributed by atoms with Crippen LogP contribution in [0.2, 0.25) is 0 Å². The molecule has 0 aromatic heterocycles. The fourth-order valence-corrected chi connectivity index (χ4v) is 0.906. The van der Waals surface area contributed by atoms with E-state index in [0.717, 1.165) is 12.8 Å². The van der Waals surface area contributed by atoms with Crippen LogP contribution in [-0.2, 0) is 9.59 Å². The molecule has 14 heavy (non-hydrogen) atoms. The molecular formula is C8H16Br2O4. The van der Waals surface area contributed by atoms with Crippen LogP contribution in [0.4, 0.5) is 0 Å². The summed E-state index contributed by atoms with van der Waals surface area (Å²) in [6.45, 7) is 0. The summed E-state index contributed by atoms with van der Waals surface area (Å²) < 4.78 is 0. The lowest BCUT2D eigenvalue weighted by Gasteiger charge is -1.96. The van der Waals surface area contributed by atoms with E-state index in [1.807, 2.05) is 0 Å². The SMILES string of the molecule is Br.Br.O=C(O)CCCCCCC(=O)O. The Morgan fingerprint density at radius 3 is 1.21 bits per heavy atom. The molecule has 0 aliphatic carbocycles. The van der Waals surface area contributed by atoms with E-state index in [1.165, 1.54) is 0 Å². The van der Waals surface area contributed by atoms with Gasteiger partial charge in [-0.15, -0.1) is 34.0 Å². The van der Waals surface area contributed by atoms with E-state index in [1.54, 1.807) is 0 Å². The second kappa shape index (κ2) is 12.9. The zero-order valence-corrected chi connectivity index (χ0v) is 11.2. The number of carbonyl (C=O) groups is 2. The van der Waals surface area contributed by atoms with Crippen molar-refractivity contribution in [3.05, 3.63) is 0 Å². The monoisotopic (exact) mass is 334 g/mol. The smallest absolute Gasteiger partial charge is 0.303 e. The maximum absolute atomic E-state index is 10.0. The molecule has 0 spiro atoms. The summed E-state index contributed by atoms with van der Waals surface area (Å²) in [6, 6.07) is 0. The van der Waals surface area contributed by atoms with Gasteiger partial charge < -0.3 is 10.2 Å². The van der Waals surface area contributed by atoms with Crippen LogP contribution >= 0.6 is 34.0 Å². The van der Waals surface area contributed by atoms with Gasteiger partial charge in [-0.1, -0.05) is 12.8 Å². The van der Waals surface area contributed by atoms with Crippen molar-refractivity contribution in [2.24, 2.45) is 0 Å². The highest BCUT2D eigenvalue weighted by molar-refractivity contribution is 8.93. The second-order valence-electron chi connectivity index (χ2n) is 2.70. The fourth-order valence-electron chi connectivity index (χ4n) is 0.906. The van der Waals surface area contributed by atoms with Crippen LogP contribution in [0.5, 0.6) is 0 Å². The molecule has 0 aromatic rings. The number of halogens is 2. The van der Waals surface area contributed by atoms with Crippen LogP contribution in [0.3, 0.4) is 0 Å². The average Bonchev–Trinajstić information content (AvgIpc) is 1.95. The van der Waals surface area contributed by atoms with Crippen molar-refractivity contribution in [1.82, 2.24) is 0 Å². The summed E-state index contributed by atoms with van der Waals surface area (Å²) in [5, 5.41) is 16.5. The normalized spacial score (nSPS) is 8.29. The summed E-state index contributed by atoms with van der Waals surface area (Å²) in [6.07, 6.45) is 3.28. The highest BCUT2D eigenvalue weighted by Gasteiger charge is 1.98. The Bertz CT molecular complexity index is 143. The van der Waals surface area contributed by atoms with Gasteiger partial charge in [0.05, 0.1) is 0 Å². The van der Waals surface area contributed by atoms with E-state index in [-0.39, 0.29) is 46.8 Å². The predicted octanol–water partition coefficient (Wildman–Crippen LogP) is 2.65. The average molecular weight is 336 g/mol. The topological polar surface area (TPSA) is 74.6 Å². The van der Waals surface area contributed by atoms with E-state index in [4.69, 9.17) is 10.2 Å². The molecule has 0 radical (unpaired) electrons.